The molecule has 0 aliphatic heterocycles. The van der Waals surface area contributed by atoms with Crippen LogP contribution in [0.15, 0.2) is 41.8 Å². The molecule has 2 heterocycles. The lowest BCUT2D eigenvalue weighted by molar-refractivity contribution is -0.116. The van der Waals surface area contributed by atoms with Crippen LogP contribution >= 0.6 is 22.7 Å². The largest absolute Gasteiger partial charge is 0.326 e. The standard InChI is InChI=1S/C19H19N3O2S2/c1-12(23)20-14-5-7-15(8-6-14)22-18(24)10-9-17-19(21-13(2)26-17)16-4-3-11-25-16/h3-8,11H,9-10H2,1-2H3,(H,20,23)(H,22,24). The number of aryl methyl sites for hydroxylation is 2. The number of hydrogen-bond acceptors (Lipinski definition) is 5. The number of hydrogen-bond donors (Lipinski definition) is 2. The highest BCUT2D eigenvalue weighted by Crippen LogP contribution is 2.32. The van der Waals surface area contributed by atoms with Crippen LogP contribution in [-0.4, -0.2) is 16.8 Å². The lowest BCUT2D eigenvalue weighted by Gasteiger charge is -2.07. The van der Waals surface area contributed by atoms with Crippen molar-refractivity contribution in [3.8, 4) is 10.6 Å². The fourth-order valence-corrected chi connectivity index (χ4v) is 4.29. The van der Waals surface area contributed by atoms with E-state index in [4.69, 9.17) is 0 Å². The maximum absolute atomic E-state index is 12.3. The zero-order chi connectivity index (χ0) is 18.5. The molecule has 0 unspecified atom stereocenters. The van der Waals surface area contributed by atoms with Crippen LogP contribution in [0, 0.1) is 6.92 Å². The molecule has 0 bridgehead atoms. The second-order valence-electron chi connectivity index (χ2n) is 5.79. The Morgan fingerprint density at radius 2 is 1.77 bits per heavy atom. The maximum atomic E-state index is 12.3. The maximum Gasteiger partial charge on any atom is 0.224 e. The molecule has 0 atom stereocenters. The van der Waals surface area contributed by atoms with Gasteiger partial charge in [0.15, 0.2) is 0 Å². The summed E-state index contributed by atoms with van der Waals surface area (Å²) >= 11 is 3.30. The third kappa shape index (κ3) is 4.77. The van der Waals surface area contributed by atoms with Crippen LogP contribution in [0.5, 0.6) is 0 Å². The van der Waals surface area contributed by atoms with Gasteiger partial charge in [0.1, 0.15) is 0 Å². The van der Waals surface area contributed by atoms with Crippen molar-refractivity contribution >= 4 is 45.9 Å². The molecule has 2 N–H and O–H groups in total. The Bertz CT molecular complexity index is 900. The van der Waals surface area contributed by atoms with Gasteiger partial charge in [-0.05, 0) is 49.1 Å². The molecule has 3 aromatic rings. The molecule has 0 fully saturated rings. The highest BCUT2D eigenvalue weighted by molar-refractivity contribution is 7.15. The fourth-order valence-electron chi connectivity index (χ4n) is 2.54. The Hall–Kier alpha value is -2.51. The number of carbonyl (C=O) groups excluding carboxylic acids is 2. The van der Waals surface area contributed by atoms with Crippen molar-refractivity contribution < 1.29 is 9.59 Å². The number of amides is 2. The summed E-state index contributed by atoms with van der Waals surface area (Å²) in [7, 11) is 0. The van der Waals surface area contributed by atoms with E-state index in [9.17, 15) is 9.59 Å². The van der Waals surface area contributed by atoms with E-state index in [1.807, 2.05) is 18.4 Å². The molecule has 3 rings (SSSR count). The fraction of sp³-hybridized carbons (Fsp3) is 0.211. The Morgan fingerprint density at radius 1 is 1.08 bits per heavy atom. The molecular formula is C19H19N3O2S2. The molecule has 0 aliphatic carbocycles. The van der Waals surface area contributed by atoms with E-state index in [0.717, 1.165) is 20.5 Å². The average Bonchev–Trinajstić information content (AvgIpc) is 3.23. The van der Waals surface area contributed by atoms with Crippen molar-refractivity contribution in [3.05, 3.63) is 51.7 Å². The molecule has 1 aromatic carbocycles. The van der Waals surface area contributed by atoms with Gasteiger partial charge in [-0.2, -0.15) is 0 Å². The molecule has 134 valence electrons. The number of anilines is 2. The minimum atomic E-state index is -0.122. The normalized spacial score (nSPS) is 10.5. The van der Waals surface area contributed by atoms with Gasteiger partial charge in [0.05, 0.1) is 15.6 Å². The summed E-state index contributed by atoms with van der Waals surface area (Å²) in [5.74, 6) is -0.163. The minimum Gasteiger partial charge on any atom is -0.326 e. The van der Waals surface area contributed by atoms with E-state index in [1.54, 1.807) is 46.9 Å². The number of nitrogens with one attached hydrogen (secondary N) is 2. The topological polar surface area (TPSA) is 71.1 Å². The molecule has 0 saturated carbocycles. The molecule has 0 radical (unpaired) electrons. The number of carbonyl (C=O) groups is 2. The zero-order valence-electron chi connectivity index (χ0n) is 14.5. The summed E-state index contributed by atoms with van der Waals surface area (Å²) in [4.78, 5) is 30.2. The van der Waals surface area contributed by atoms with Crippen molar-refractivity contribution in [2.24, 2.45) is 0 Å². The van der Waals surface area contributed by atoms with E-state index >= 15 is 0 Å². The molecule has 0 aliphatic rings. The molecular weight excluding hydrogens is 366 g/mol. The van der Waals surface area contributed by atoms with Gasteiger partial charge in [0.25, 0.3) is 0 Å². The number of benzene rings is 1. The van der Waals surface area contributed by atoms with Crippen LogP contribution in [0.25, 0.3) is 10.6 Å². The predicted molar refractivity (Wildman–Crippen MR) is 108 cm³/mol. The summed E-state index contributed by atoms with van der Waals surface area (Å²) in [5, 5.41) is 8.63. The van der Waals surface area contributed by atoms with Crippen LogP contribution in [0.4, 0.5) is 11.4 Å². The molecule has 2 aromatic heterocycles. The van der Waals surface area contributed by atoms with Gasteiger partial charge in [-0.25, -0.2) is 4.98 Å². The van der Waals surface area contributed by atoms with E-state index in [1.165, 1.54) is 6.92 Å². The Morgan fingerprint density at radius 3 is 2.38 bits per heavy atom. The molecule has 7 heteroatoms. The number of aromatic nitrogens is 1. The van der Waals surface area contributed by atoms with Crippen molar-refractivity contribution in [1.82, 2.24) is 4.98 Å². The summed E-state index contributed by atoms with van der Waals surface area (Å²) in [6.07, 6.45) is 1.06. The SMILES string of the molecule is CC(=O)Nc1ccc(NC(=O)CCc2sc(C)nc2-c2cccs2)cc1. The van der Waals surface area contributed by atoms with E-state index in [-0.39, 0.29) is 11.8 Å². The third-order valence-electron chi connectivity index (χ3n) is 3.63. The number of rotatable bonds is 6. The van der Waals surface area contributed by atoms with Crippen LogP contribution in [0.1, 0.15) is 23.2 Å². The van der Waals surface area contributed by atoms with Crippen LogP contribution < -0.4 is 10.6 Å². The number of thiazole rings is 1. The van der Waals surface area contributed by atoms with Crippen LogP contribution in [0.3, 0.4) is 0 Å². The molecule has 0 spiro atoms. The first-order valence-electron chi connectivity index (χ1n) is 8.19. The molecule has 2 amide bonds. The second-order valence-corrected chi connectivity index (χ2v) is 8.02. The first kappa shape index (κ1) is 18.3. The monoisotopic (exact) mass is 385 g/mol. The summed E-state index contributed by atoms with van der Waals surface area (Å²) in [5.41, 5.74) is 2.41. The highest BCUT2D eigenvalue weighted by atomic mass is 32.1. The summed E-state index contributed by atoms with van der Waals surface area (Å²) < 4.78 is 0. The van der Waals surface area contributed by atoms with E-state index in [2.05, 4.69) is 21.7 Å². The lowest BCUT2D eigenvalue weighted by Crippen LogP contribution is -2.12. The first-order chi connectivity index (χ1) is 12.5. The Balaban J connectivity index is 1.59. The van der Waals surface area contributed by atoms with Gasteiger partial charge in [0, 0.05) is 29.6 Å². The van der Waals surface area contributed by atoms with Crippen molar-refractivity contribution in [2.45, 2.75) is 26.7 Å². The first-order valence-corrected chi connectivity index (χ1v) is 9.88. The van der Waals surface area contributed by atoms with Crippen molar-refractivity contribution in [3.63, 3.8) is 0 Å². The molecule has 0 saturated heterocycles. The summed E-state index contributed by atoms with van der Waals surface area (Å²) in [6, 6.07) is 11.1. The van der Waals surface area contributed by atoms with Gasteiger partial charge in [-0.1, -0.05) is 6.07 Å². The summed E-state index contributed by atoms with van der Waals surface area (Å²) in [6.45, 7) is 3.45. The highest BCUT2D eigenvalue weighted by Gasteiger charge is 2.13. The smallest absolute Gasteiger partial charge is 0.224 e. The third-order valence-corrected chi connectivity index (χ3v) is 5.53. The Kier molecular flexibility index (Phi) is 5.80. The van der Waals surface area contributed by atoms with Crippen molar-refractivity contribution in [1.29, 1.82) is 0 Å². The van der Waals surface area contributed by atoms with Crippen molar-refractivity contribution in [2.75, 3.05) is 10.6 Å². The molecule has 26 heavy (non-hydrogen) atoms. The van der Waals surface area contributed by atoms with Gasteiger partial charge in [-0.3, -0.25) is 9.59 Å². The quantitative estimate of drug-likeness (QED) is 0.645. The number of nitrogens with zero attached hydrogens (tertiary/aromatic N) is 1. The van der Waals surface area contributed by atoms with E-state index < -0.39 is 0 Å². The van der Waals surface area contributed by atoms with Gasteiger partial charge < -0.3 is 10.6 Å². The second kappa shape index (κ2) is 8.25. The predicted octanol–water partition coefficient (Wildman–Crippen LogP) is 4.71. The minimum absolute atomic E-state index is 0.0412. The van der Waals surface area contributed by atoms with E-state index in [0.29, 0.717) is 24.2 Å². The van der Waals surface area contributed by atoms with Gasteiger partial charge >= 0.3 is 0 Å². The van der Waals surface area contributed by atoms with Crippen LogP contribution in [-0.2, 0) is 16.0 Å². The average molecular weight is 386 g/mol. The zero-order valence-corrected chi connectivity index (χ0v) is 16.2. The molecule has 5 nitrogen and oxygen atoms in total. The van der Waals surface area contributed by atoms with Gasteiger partial charge in [0.2, 0.25) is 11.8 Å². The Labute approximate surface area is 160 Å². The van der Waals surface area contributed by atoms with Gasteiger partial charge in [-0.15, -0.1) is 22.7 Å². The van der Waals surface area contributed by atoms with Crippen LogP contribution in [0.2, 0.25) is 0 Å². The number of thiophene rings is 1. The lowest BCUT2D eigenvalue weighted by atomic mass is 10.2.